The summed E-state index contributed by atoms with van der Waals surface area (Å²) in [4.78, 5) is 22.9. The molecule has 1 aliphatic heterocycles. The first-order valence-corrected chi connectivity index (χ1v) is 6.15. The Kier molecular flexibility index (Phi) is 2.52. The maximum Gasteiger partial charge on any atom is 0.346 e. The van der Waals surface area contributed by atoms with Gasteiger partial charge in [-0.2, -0.15) is 0 Å². The minimum Gasteiger partial charge on any atom is -0.386 e. The van der Waals surface area contributed by atoms with Gasteiger partial charge in [-0.3, -0.25) is 0 Å². The van der Waals surface area contributed by atoms with Crippen LogP contribution in [0.25, 0.3) is 16.5 Å². The molecule has 19 heavy (non-hydrogen) atoms. The van der Waals surface area contributed by atoms with E-state index in [1.54, 1.807) is 0 Å². The summed E-state index contributed by atoms with van der Waals surface area (Å²) in [6, 6.07) is 8.09. The third-order valence-electron chi connectivity index (χ3n) is 3.26. The van der Waals surface area contributed by atoms with E-state index in [-0.39, 0.29) is 6.04 Å². The van der Waals surface area contributed by atoms with Crippen LogP contribution in [0, 0.1) is 0 Å². The summed E-state index contributed by atoms with van der Waals surface area (Å²) in [6.45, 7) is 4.14. The van der Waals surface area contributed by atoms with E-state index in [2.05, 4.69) is 23.2 Å². The Hall–Kier alpha value is -2.36. The SMILES string of the molecule is CC(C)n1cc(C2=CC(=O)OC2=O)c2ccccc21. The fourth-order valence-corrected chi connectivity index (χ4v) is 2.39. The van der Waals surface area contributed by atoms with Gasteiger partial charge in [0, 0.05) is 34.8 Å². The van der Waals surface area contributed by atoms with Gasteiger partial charge in [0.05, 0.1) is 5.57 Å². The lowest BCUT2D eigenvalue weighted by molar-refractivity contribution is -0.149. The van der Waals surface area contributed by atoms with Gasteiger partial charge in [-0.15, -0.1) is 0 Å². The highest BCUT2D eigenvalue weighted by atomic mass is 16.6. The Morgan fingerprint density at radius 3 is 2.53 bits per heavy atom. The maximum absolute atomic E-state index is 11.7. The molecule has 0 fully saturated rings. The molecule has 1 aromatic carbocycles. The number of rotatable bonds is 2. The van der Waals surface area contributed by atoms with Crippen LogP contribution in [-0.4, -0.2) is 16.5 Å². The third kappa shape index (κ3) is 1.76. The number of carbonyl (C=O) groups is 2. The van der Waals surface area contributed by atoms with Gasteiger partial charge in [0.15, 0.2) is 0 Å². The van der Waals surface area contributed by atoms with Gasteiger partial charge in [-0.1, -0.05) is 18.2 Å². The van der Waals surface area contributed by atoms with Gasteiger partial charge in [-0.25, -0.2) is 9.59 Å². The van der Waals surface area contributed by atoms with Crippen molar-refractivity contribution < 1.29 is 14.3 Å². The van der Waals surface area contributed by atoms with Gasteiger partial charge >= 0.3 is 11.9 Å². The minimum absolute atomic E-state index is 0.271. The van der Waals surface area contributed by atoms with E-state index in [0.29, 0.717) is 5.57 Å². The summed E-state index contributed by atoms with van der Waals surface area (Å²) in [5.74, 6) is -1.17. The molecule has 3 rings (SSSR count). The summed E-state index contributed by atoms with van der Waals surface area (Å²) < 4.78 is 6.65. The first kappa shape index (κ1) is 11.7. The van der Waals surface area contributed by atoms with Crippen molar-refractivity contribution in [3.05, 3.63) is 42.1 Å². The van der Waals surface area contributed by atoms with Crippen molar-refractivity contribution in [3.63, 3.8) is 0 Å². The van der Waals surface area contributed by atoms with Crippen molar-refractivity contribution in [2.45, 2.75) is 19.9 Å². The van der Waals surface area contributed by atoms with E-state index in [1.165, 1.54) is 6.08 Å². The number of hydrogen-bond acceptors (Lipinski definition) is 3. The van der Waals surface area contributed by atoms with Crippen LogP contribution in [0.3, 0.4) is 0 Å². The molecule has 0 unspecified atom stereocenters. The molecule has 0 amide bonds. The summed E-state index contributed by atoms with van der Waals surface area (Å²) in [5, 5.41) is 0.953. The molecule has 1 aliphatic rings. The molecule has 2 heterocycles. The van der Waals surface area contributed by atoms with Gasteiger partial charge in [0.25, 0.3) is 0 Å². The van der Waals surface area contributed by atoms with Crippen molar-refractivity contribution >= 4 is 28.4 Å². The Balaban J connectivity index is 2.28. The lowest BCUT2D eigenvalue weighted by atomic mass is 10.1. The van der Waals surface area contributed by atoms with Gasteiger partial charge in [0.2, 0.25) is 0 Å². The van der Waals surface area contributed by atoms with Crippen molar-refractivity contribution in [2.24, 2.45) is 0 Å². The molecule has 0 spiro atoms. The zero-order chi connectivity index (χ0) is 13.6. The van der Waals surface area contributed by atoms with E-state index >= 15 is 0 Å². The molecule has 0 atom stereocenters. The van der Waals surface area contributed by atoms with E-state index in [4.69, 9.17) is 0 Å². The number of hydrogen-bond donors (Lipinski definition) is 0. The van der Waals surface area contributed by atoms with Crippen LogP contribution in [0.15, 0.2) is 36.5 Å². The van der Waals surface area contributed by atoms with Gasteiger partial charge in [0.1, 0.15) is 0 Å². The van der Waals surface area contributed by atoms with Gasteiger partial charge in [-0.05, 0) is 19.9 Å². The van der Waals surface area contributed by atoms with Crippen LogP contribution in [0.4, 0.5) is 0 Å². The fraction of sp³-hybridized carbons (Fsp3) is 0.200. The molecule has 0 aliphatic carbocycles. The van der Waals surface area contributed by atoms with Crippen LogP contribution >= 0.6 is 0 Å². The number of para-hydroxylation sites is 1. The topological polar surface area (TPSA) is 48.3 Å². The van der Waals surface area contributed by atoms with E-state index in [1.807, 2.05) is 30.5 Å². The summed E-state index contributed by atoms with van der Waals surface area (Å²) in [5.41, 5.74) is 2.13. The lowest BCUT2D eigenvalue weighted by Gasteiger charge is -2.08. The molecule has 2 aromatic rings. The lowest BCUT2D eigenvalue weighted by Crippen LogP contribution is -2.01. The van der Waals surface area contributed by atoms with E-state index in [9.17, 15) is 9.59 Å². The minimum atomic E-state index is -0.596. The second kappa shape index (κ2) is 4.09. The largest absolute Gasteiger partial charge is 0.386 e. The quantitative estimate of drug-likeness (QED) is 0.612. The predicted molar refractivity (Wildman–Crippen MR) is 71.4 cm³/mol. The maximum atomic E-state index is 11.7. The van der Waals surface area contributed by atoms with Crippen LogP contribution < -0.4 is 0 Å². The highest BCUT2D eigenvalue weighted by Crippen LogP contribution is 2.31. The molecule has 1 aromatic heterocycles. The van der Waals surface area contributed by atoms with Crippen LogP contribution in [-0.2, 0) is 14.3 Å². The Bertz CT molecular complexity index is 722. The molecule has 0 N–H and O–H groups in total. The highest BCUT2D eigenvalue weighted by molar-refractivity contribution is 6.30. The monoisotopic (exact) mass is 255 g/mol. The standard InChI is InChI=1S/C15H13NO3/c1-9(2)16-8-12(10-5-3-4-6-13(10)16)11-7-14(17)19-15(11)18/h3-9H,1-2H3. The number of aromatic nitrogens is 1. The number of cyclic esters (lactones) is 2. The predicted octanol–water partition coefficient (Wildman–Crippen LogP) is 2.69. The van der Waals surface area contributed by atoms with Gasteiger partial charge < -0.3 is 9.30 Å². The molecule has 0 radical (unpaired) electrons. The van der Waals surface area contributed by atoms with Crippen LogP contribution in [0.2, 0.25) is 0 Å². The molecule has 0 bridgehead atoms. The summed E-state index contributed by atoms with van der Waals surface area (Å²) in [6.07, 6.45) is 3.16. The first-order chi connectivity index (χ1) is 9.08. The zero-order valence-corrected chi connectivity index (χ0v) is 10.7. The van der Waals surface area contributed by atoms with E-state index in [0.717, 1.165) is 16.5 Å². The molecule has 4 nitrogen and oxygen atoms in total. The van der Waals surface area contributed by atoms with Crippen LogP contribution in [0.5, 0.6) is 0 Å². The highest BCUT2D eigenvalue weighted by Gasteiger charge is 2.27. The van der Waals surface area contributed by atoms with Crippen molar-refractivity contribution in [3.8, 4) is 0 Å². The number of benzene rings is 1. The second-order valence-electron chi connectivity index (χ2n) is 4.83. The summed E-state index contributed by atoms with van der Waals surface area (Å²) >= 11 is 0. The average molecular weight is 255 g/mol. The average Bonchev–Trinajstić information content (AvgIpc) is 2.89. The van der Waals surface area contributed by atoms with E-state index < -0.39 is 11.9 Å². The fourth-order valence-electron chi connectivity index (χ4n) is 2.39. The first-order valence-electron chi connectivity index (χ1n) is 6.15. The third-order valence-corrected chi connectivity index (χ3v) is 3.26. The smallest absolute Gasteiger partial charge is 0.346 e. The number of nitrogens with zero attached hydrogens (tertiary/aromatic N) is 1. The normalized spacial score (nSPS) is 15.2. The molecule has 0 saturated carbocycles. The molecular formula is C15H13NO3. The Morgan fingerprint density at radius 1 is 1.16 bits per heavy atom. The number of fused-ring (bicyclic) bond motifs is 1. The van der Waals surface area contributed by atoms with Crippen LogP contribution in [0.1, 0.15) is 25.5 Å². The molecule has 0 saturated heterocycles. The molecular weight excluding hydrogens is 242 g/mol. The van der Waals surface area contributed by atoms with Crippen molar-refractivity contribution in [2.75, 3.05) is 0 Å². The Labute approximate surface area is 110 Å². The van der Waals surface area contributed by atoms with Crippen molar-refractivity contribution in [1.82, 2.24) is 4.57 Å². The Morgan fingerprint density at radius 2 is 1.89 bits per heavy atom. The second-order valence-corrected chi connectivity index (χ2v) is 4.83. The molecule has 96 valence electrons. The summed E-state index contributed by atoms with van der Waals surface area (Å²) in [7, 11) is 0. The number of ether oxygens (including phenoxy) is 1. The number of carbonyl (C=O) groups excluding carboxylic acids is 2. The molecule has 4 heteroatoms. The zero-order valence-electron chi connectivity index (χ0n) is 10.7. The van der Waals surface area contributed by atoms with Crippen molar-refractivity contribution in [1.29, 1.82) is 0 Å². The number of esters is 2.